The highest BCUT2D eigenvalue weighted by molar-refractivity contribution is 8.14. The van der Waals surface area contributed by atoms with E-state index in [1.165, 1.54) is 18.4 Å². The molecule has 1 aliphatic heterocycles. The van der Waals surface area contributed by atoms with Crippen LogP contribution in [0.4, 0.5) is 0 Å². The molecule has 0 bridgehead atoms. The van der Waals surface area contributed by atoms with Gasteiger partial charge in [-0.05, 0) is 36.5 Å². The van der Waals surface area contributed by atoms with E-state index in [2.05, 4.69) is 22.4 Å². The van der Waals surface area contributed by atoms with Gasteiger partial charge in [-0.1, -0.05) is 23.9 Å². The lowest BCUT2D eigenvalue weighted by molar-refractivity contribution is 0.414. The van der Waals surface area contributed by atoms with Crippen LogP contribution in [0.5, 0.6) is 5.75 Å². The van der Waals surface area contributed by atoms with Gasteiger partial charge < -0.3 is 10.1 Å². The molecule has 96 valence electrons. The number of thioether (sulfide) groups is 1. The van der Waals surface area contributed by atoms with Crippen LogP contribution < -0.4 is 10.1 Å². The molecule has 1 heterocycles. The van der Waals surface area contributed by atoms with Gasteiger partial charge in [-0.15, -0.1) is 0 Å². The molecule has 4 heteroatoms. The number of ether oxygens (including phenoxy) is 1. The number of benzene rings is 1. The molecule has 0 spiro atoms. The van der Waals surface area contributed by atoms with Gasteiger partial charge in [0.05, 0.1) is 13.7 Å². The van der Waals surface area contributed by atoms with Crippen molar-refractivity contribution in [2.75, 3.05) is 13.7 Å². The topological polar surface area (TPSA) is 33.6 Å². The van der Waals surface area contributed by atoms with Crippen LogP contribution in [0.1, 0.15) is 18.4 Å². The molecule has 1 fully saturated rings. The monoisotopic (exact) mass is 262 g/mol. The van der Waals surface area contributed by atoms with E-state index in [0.29, 0.717) is 0 Å². The minimum absolute atomic E-state index is 0.739. The van der Waals surface area contributed by atoms with Crippen molar-refractivity contribution in [3.05, 3.63) is 29.8 Å². The van der Waals surface area contributed by atoms with E-state index in [1.54, 1.807) is 7.11 Å². The van der Waals surface area contributed by atoms with Crippen molar-refractivity contribution in [2.24, 2.45) is 10.9 Å². The van der Waals surface area contributed by atoms with Gasteiger partial charge in [-0.25, -0.2) is 0 Å². The van der Waals surface area contributed by atoms with Gasteiger partial charge in [0.1, 0.15) is 5.75 Å². The molecule has 1 aromatic rings. The lowest BCUT2D eigenvalue weighted by atomic mass is 10.2. The van der Waals surface area contributed by atoms with E-state index in [9.17, 15) is 0 Å². The third kappa shape index (κ3) is 2.80. The van der Waals surface area contributed by atoms with Crippen LogP contribution in [0.25, 0.3) is 0 Å². The number of hydrogen-bond donors (Lipinski definition) is 1. The van der Waals surface area contributed by atoms with Gasteiger partial charge in [0.2, 0.25) is 0 Å². The summed E-state index contributed by atoms with van der Waals surface area (Å²) in [6.07, 6.45) is 2.80. The quantitative estimate of drug-likeness (QED) is 0.905. The molecule has 0 saturated heterocycles. The highest BCUT2D eigenvalue weighted by Gasteiger charge is 2.35. The van der Waals surface area contributed by atoms with E-state index < -0.39 is 0 Å². The number of rotatable bonds is 4. The fourth-order valence-corrected chi connectivity index (χ4v) is 3.33. The predicted octanol–water partition coefficient (Wildman–Crippen LogP) is 2.67. The van der Waals surface area contributed by atoms with Crippen molar-refractivity contribution in [2.45, 2.75) is 24.6 Å². The smallest absolute Gasteiger partial charge is 0.157 e. The van der Waals surface area contributed by atoms with E-state index in [4.69, 9.17) is 4.74 Å². The first-order valence-corrected chi connectivity index (χ1v) is 7.31. The molecule has 1 aliphatic carbocycles. The van der Waals surface area contributed by atoms with Gasteiger partial charge in [-0.3, -0.25) is 4.99 Å². The Morgan fingerprint density at radius 2 is 2.11 bits per heavy atom. The highest BCUT2D eigenvalue weighted by atomic mass is 32.2. The molecule has 0 radical (unpaired) electrons. The van der Waals surface area contributed by atoms with Crippen molar-refractivity contribution < 1.29 is 4.74 Å². The number of nitrogens with zero attached hydrogens (tertiary/aromatic N) is 1. The normalized spacial score (nSPS) is 22.7. The van der Waals surface area contributed by atoms with Crippen LogP contribution in [-0.2, 0) is 6.54 Å². The Kier molecular flexibility index (Phi) is 3.46. The zero-order valence-electron chi connectivity index (χ0n) is 10.6. The Morgan fingerprint density at radius 3 is 2.78 bits per heavy atom. The number of nitrogens with one attached hydrogen (secondary N) is 1. The van der Waals surface area contributed by atoms with E-state index in [-0.39, 0.29) is 0 Å². The van der Waals surface area contributed by atoms with Gasteiger partial charge >= 0.3 is 0 Å². The summed E-state index contributed by atoms with van der Waals surface area (Å²) in [5.41, 5.74) is 1.26. The van der Waals surface area contributed by atoms with E-state index in [0.717, 1.165) is 35.2 Å². The fourth-order valence-electron chi connectivity index (χ4n) is 2.12. The average molecular weight is 262 g/mol. The van der Waals surface area contributed by atoms with Crippen LogP contribution >= 0.6 is 11.8 Å². The SMILES string of the molecule is COc1ccc(CNC2=NCC(C3CC3)S2)cc1. The first-order valence-electron chi connectivity index (χ1n) is 6.43. The third-order valence-electron chi connectivity index (χ3n) is 3.43. The largest absolute Gasteiger partial charge is 0.497 e. The summed E-state index contributed by atoms with van der Waals surface area (Å²) in [5.74, 6) is 1.83. The van der Waals surface area contributed by atoms with Crippen LogP contribution in [0, 0.1) is 5.92 Å². The fraction of sp³-hybridized carbons (Fsp3) is 0.500. The summed E-state index contributed by atoms with van der Waals surface area (Å²) in [4.78, 5) is 4.57. The van der Waals surface area contributed by atoms with Gasteiger partial charge in [0.15, 0.2) is 5.17 Å². The van der Waals surface area contributed by atoms with Crippen LogP contribution in [-0.4, -0.2) is 24.1 Å². The molecule has 3 rings (SSSR count). The highest BCUT2D eigenvalue weighted by Crippen LogP contribution is 2.41. The Bertz CT molecular complexity index is 440. The lowest BCUT2D eigenvalue weighted by Crippen LogP contribution is -2.19. The summed E-state index contributed by atoms with van der Waals surface area (Å²) < 4.78 is 5.15. The molecule has 1 N–H and O–H groups in total. The number of methoxy groups -OCH3 is 1. The zero-order valence-corrected chi connectivity index (χ0v) is 11.4. The molecule has 0 aromatic heterocycles. The van der Waals surface area contributed by atoms with Gasteiger partial charge in [0.25, 0.3) is 0 Å². The van der Waals surface area contributed by atoms with Crippen molar-refractivity contribution in [1.82, 2.24) is 5.32 Å². The Hall–Kier alpha value is -1.16. The molecular formula is C14H18N2OS. The minimum Gasteiger partial charge on any atom is -0.497 e. The first-order chi connectivity index (χ1) is 8.85. The van der Waals surface area contributed by atoms with Crippen molar-refractivity contribution >= 4 is 16.9 Å². The standard InChI is InChI=1S/C14H18N2OS/c1-17-12-6-2-10(3-7-12)8-15-14-16-9-13(18-14)11-4-5-11/h2-3,6-7,11,13H,4-5,8-9H2,1H3,(H,15,16). The molecule has 1 unspecified atom stereocenters. The van der Waals surface area contributed by atoms with Crippen molar-refractivity contribution in [3.8, 4) is 5.75 Å². The predicted molar refractivity (Wildman–Crippen MR) is 76.2 cm³/mol. The second-order valence-electron chi connectivity index (χ2n) is 4.84. The average Bonchev–Trinajstić information content (AvgIpc) is 3.16. The van der Waals surface area contributed by atoms with Crippen molar-refractivity contribution in [3.63, 3.8) is 0 Å². The number of aliphatic imine (C=N–C) groups is 1. The third-order valence-corrected chi connectivity index (χ3v) is 4.76. The van der Waals surface area contributed by atoms with E-state index in [1.807, 2.05) is 23.9 Å². The number of amidine groups is 1. The zero-order chi connectivity index (χ0) is 12.4. The van der Waals surface area contributed by atoms with E-state index >= 15 is 0 Å². The van der Waals surface area contributed by atoms with Gasteiger partial charge in [-0.2, -0.15) is 0 Å². The van der Waals surface area contributed by atoms with Gasteiger partial charge in [0, 0.05) is 11.8 Å². The summed E-state index contributed by atoms with van der Waals surface area (Å²) in [5, 5.41) is 5.27. The summed E-state index contributed by atoms with van der Waals surface area (Å²) in [6.45, 7) is 1.84. The summed E-state index contributed by atoms with van der Waals surface area (Å²) in [6, 6.07) is 8.16. The second-order valence-corrected chi connectivity index (χ2v) is 6.07. The second kappa shape index (κ2) is 5.22. The molecule has 0 amide bonds. The molecule has 18 heavy (non-hydrogen) atoms. The molecular weight excluding hydrogens is 244 g/mol. The van der Waals surface area contributed by atoms with Crippen LogP contribution in [0.15, 0.2) is 29.3 Å². The Labute approximate surface area is 112 Å². The maximum absolute atomic E-state index is 5.15. The molecule has 1 aromatic carbocycles. The summed E-state index contributed by atoms with van der Waals surface area (Å²) >= 11 is 1.92. The molecule has 1 atom stereocenters. The van der Waals surface area contributed by atoms with Crippen LogP contribution in [0.3, 0.4) is 0 Å². The van der Waals surface area contributed by atoms with Crippen LogP contribution in [0.2, 0.25) is 0 Å². The first kappa shape index (κ1) is 11.9. The lowest BCUT2D eigenvalue weighted by Gasteiger charge is -2.08. The molecule has 2 aliphatic rings. The molecule has 3 nitrogen and oxygen atoms in total. The maximum Gasteiger partial charge on any atom is 0.157 e. The Morgan fingerprint density at radius 1 is 1.33 bits per heavy atom. The number of hydrogen-bond acceptors (Lipinski definition) is 4. The maximum atomic E-state index is 5.15. The minimum atomic E-state index is 0.739. The van der Waals surface area contributed by atoms with Crippen molar-refractivity contribution in [1.29, 1.82) is 0 Å². The molecule has 1 saturated carbocycles. The Balaban J connectivity index is 1.48. The summed E-state index contributed by atoms with van der Waals surface area (Å²) in [7, 11) is 1.69.